The van der Waals surface area contributed by atoms with E-state index < -0.39 is 0 Å². The monoisotopic (exact) mass is 309 g/mol. The minimum Gasteiger partial charge on any atom is -0.353 e. The van der Waals surface area contributed by atoms with Gasteiger partial charge in [-0.2, -0.15) is 0 Å². The Morgan fingerprint density at radius 2 is 1.43 bits per heavy atom. The third kappa shape index (κ3) is 2.17. The van der Waals surface area contributed by atoms with Crippen LogP contribution >= 0.6 is 22.9 Å². The summed E-state index contributed by atoms with van der Waals surface area (Å²) >= 11 is 8.05. The number of fused-ring (bicyclic) bond motifs is 3. The molecule has 0 spiro atoms. The third-order valence-electron chi connectivity index (χ3n) is 3.55. The second kappa shape index (κ2) is 5.06. The topological polar surface area (TPSA) is 12.0 Å². The number of para-hydroxylation sites is 1. The van der Waals surface area contributed by atoms with Crippen LogP contribution in [0.5, 0.6) is 0 Å². The zero-order valence-electron chi connectivity index (χ0n) is 11.1. The average Bonchev–Trinajstić information content (AvgIpc) is 2.89. The Balaban J connectivity index is 1.91. The van der Waals surface area contributed by atoms with Crippen molar-refractivity contribution in [3.05, 3.63) is 71.8 Å². The van der Waals surface area contributed by atoms with Crippen LogP contribution < -0.4 is 5.32 Å². The van der Waals surface area contributed by atoms with Gasteiger partial charge in [-0.15, -0.1) is 11.3 Å². The van der Waals surface area contributed by atoms with E-state index >= 15 is 0 Å². The quantitative estimate of drug-likeness (QED) is 0.448. The molecular formula is C18H12ClNS. The van der Waals surface area contributed by atoms with E-state index in [2.05, 4.69) is 47.8 Å². The van der Waals surface area contributed by atoms with E-state index in [9.17, 15) is 0 Å². The van der Waals surface area contributed by atoms with Crippen molar-refractivity contribution in [2.75, 3.05) is 5.32 Å². The van der Waals surface area contributed by atoms with Crippen LogP contribution in [0.25, 0.3) is 20.2 Å². The van der Waals surface area contributed by atoms with Crippen molar-refractivity contribution < 1.29 is 0 Å². The van der Waals surface area contributed by atoms with Crippen LogP contribution in [0.15, 0.2) is 66.7 Å². The highest BCUT2D eigenvalue weighted by atomic mass is 35.5. The third-order valence-corrected chi connectivity index (χ3v) is 5.10. The number of anilines is 2. The van der Waals surface area contributed by atoms with E-state index in [1.165, 1.54) is 20.2 Å². The van der Waals surface area contributed by atoms with E-state index in [1.807, 2.05) is 35.6 Å². The summed E-state index contributed by atoms with van der Waals surface area (Å²) in [5, 5.41) is 6.78. The van der Waals surface area contributed by atoms with Crippen molar-refractivity contribution >= 4 is 54.5 Å². The molecule has 1 N–H and O–H groups in total. The van der Waals surface area contributed by atoms with Gasteiger partial charge >= 0.3 is 0 Å². The molecule has 0 fully saturated rings. The van der Waals surface area contributed by atoms with Crippen LogP contribution in [0, 0.1) is 0 Å². The zero-order chi connectivity index (χ0) is 14.2. The van der Waals surface area contributed by atoms with E-state index in [0.717, 1.165) is 16.4 Å². The maximum atomic E-state index is 6.24. The molecule has 0 bridgehead atoms. The number of thiophene rings is 1. The summed E-state index contributed by atoms with van der Waals surface area (Å²) in [4.78, 5) is 0. The summed E-state index contributed by atoms with van der Waals surface area (Å²) < 4.78 is 2.57. The van der Waals surface area contributed by atoms with Crippen LogP contribution in [-0.2, 0) is 0 Å². The number of benzene rings is 3. The lowest BCUT2D eigenvalue weighted by atomic mass is 10.1. The molecule has 0 aliphatic rings. The Morgan fingerprint density at radius 3 is 2.33 bits per heavy atom. The summed E-state index contributed by atoms with van der Waals surface area (Å²) in [6, 6.07) is 22.7. The molecule has 0 radical (unpaired) electrons. The molecule has 4 rings (SSSR count). The molecule has 3 aromatic carbocycles. The van der Waals surface area contributed by atoms with Gasteiger partial charge in [0.25, 0.3) is 0 Å². The summed E-state index contributed by atoms with van der Waals surface area (Å²) in [6.07, 6.45) is 0. The number of halogens is 1. The number of hydrogen-bond acceptors (Lipinski definition) is 2. The fraction of sp³-hybridized carbons (Fsp3) is 0. The van der Waals surface area contributed by atoms with Crippen molar-refractivity contribution in [3.8, 4) is 0 Å². The highest BCUT2D eigenvalue weighted by Crippen LogP contribution is 2.39. The second-order valence-electron chi connectivity index (χ2n) is 4.89. The van der Waals surface area contributed by atoms with Gasteiger partial charge in [-0.25, -0.2) is 0 Å². The summed E-state index contributed by atoms with van der Waals surface area (Å²) in [5.41, 5.74) is 2.03. The second-order valence-corrected chi connectivity index (χ2v) is 6.34. The normalized spacial score (nSPS) is 11.1. The van der Waals surface area contributed by atoms with Crippen molar-refractivity contribution in [2.24, 2.45) is 0 Å². The van der Waals surface area contributed by atoms with Crippen LogP contribution in [0.1, 0.15) is 0 Å². The first-order chi connectivity index (χ1) is 10.3. The standard InChI is InChI=1S/C18H12ClNS/c19-14-8-2-3-9-15(14)20-16-10-5-7-13-12-6-1-4-11-17(12)21-18(13)16/h1-11,20H. The predicted octanol–water partition coefficient (Wildman–Crippen LogP) is 6.45. The van der Waals surface area contributed by atoms with E-state index in [4.69, 9.17) is 11.6 Å². The van der Waals surface area contributed by atoms with Crippen molar-refractivity contribution in [3.63, 3.8) is 0 Å². The Bertz CT molecular complexity index is 942. The first-order valence-electron chi connectivity index (χ1n) is 6.75. The Morgan fingerprint density at radius 1 is 0.714 bits per heavy atom. The number of hydrogen-bond donors (Lipinski definition) is 1. The molecule has 21 heavy (non-hydrogen) atoms. The molecule has 0 saturated heterocycles. The molecule has 1 aromatic heterocycles. The first kappa shape index (κ1) is 12.7. The molecule has 0 aliphatic heterocycles. The zero-order valence-corrected chi connectivity index (χ0v) is 12.7. The van der Waals surface area contributed by atoms with Gasteiger partial charge < -0.3 is 5.32 Å². The Hall–Kier alpha value is -2.03. The molecule has 1 heterocycles. The Kier molecular flexibility index (Phi) is 3.06. The van der Waals surface area contributed by atoms with E-state index in [-0.39, 0.29) is 0 Å². The van der Waals surface area contributed by atoms with Gasteiger partial charge in [-0.05, 0) is 24.3 Å². The van der Waals surface area contributed by atoms with Gasteiger partial charge in [0.05, 0.1) is 21.1 Å². The maximum Gasteiger partial charge on any atom is 0.0640 e. The number of rotatable bonds is 2. The van der Waals surface area contributed by atoms with Crippen molar-refractivity contribution in [2.45, 2.75) is 0 Å². The van der Waals surface area contributed by atoms with Gasteiger partial charge in [0, 0.05) is 15.5 Å². The summed E-state index contributed by atoms with van der Waals surface area (Å²) in [5.74, 6) is 0. The predicted molar refractivity (Wildman–Crippen MR) is 94.1 cm³/mol. The molecule has 0 aliphatic carbocycles. The molecule has 0 saturated carbocycles. The highest BCUT2D eigenvalue weighted by molar-refractivity contribution is 7.26. The van der Waals surface area contributed by atoms with Gasteiger partial charge in [0.2, 0.25) is 0 Å². The minimum absolute atomic E-state index is 0.732. The SMILES string of the molecule is Clc1ccccc1Nc1cccc2c1sc1ccccc12. The fourth-order valence-corrected chi connectivity index (χ4v) is 3.91. The average molecular weight is 310 g/mol. The lowest BCUT2D eigenvalue weighted by Crippen LogP contribution is -1.90. The maximum absolute atomic E-state index is 6.24. The molecule has 0 unspecified atom stereocenters. The molecule has 1 nitrogen and oxygen atoms in total. The van der Waals surface area contributed by atoms with Gasteiger partial charge in [0.15, 0.2) is 0 Å². The van der Waals surface area contributed by atoms with Crippen molar-refractivity contribution in [1.82, 2.24) is 0 Å². The molecule has 3 heteroatoms. The highest BCUT2D eigenvalue weighted by Gasteiger charge is 2.09. The summed E-state index contributed by atoms with van der Waals surface area (Å²) in [6.45, 7) is 0. The van der Waals surface area contributed by atoms with Crippen molar-refractivity contribution in [1.29, 1.82) is 0 Å². The molecular weight excluding hydrogens is 298 g/mol. The van der Waals surface area contributed by atoms with Crippen LogP contribution in [0.3, 0.4) is 0 Å². The first-order valence-corrected chi connectivity index (χ1v) is 7.94. The number of nitrogens with one attached hydrogen (secondary N) is 1. The van der Waals surface area contributed by atoms with Gasteiger partial charge in [-0.3, -0.25) is 0 Å². The smallest absolute Gasteiger partial charge is 0.0640 e. The lowest BCUT2D eigenvalue weighted by molar-refractivity contribution is 1.59. The Labute approximate surface area is 131 Å². The van der Waals surface area contributed by atoms with Crippen LogP contribution in [0.2, 0.25) is 5.02 Å². The van der Waals surface area contributed by atoms with Crippen LogP contribution in [-0.4, -0.2) is 0 Å². The molecule has 0 amide bonds. The molecule has 0 atom stereocenters. The fourth-order valence-electron chi connectivity index (χ4n) is 2.55. The minimum atomic E-state index is 0.732. The summed E-state index contributed by atoms with van der Waals surface area (Å²) in [7, 11) is 0. The van der Waals surface area contributed by atoms with Crippen LogP contribution in [0.4, 0.5) is 11.4 Å². The van der Waals surface area contributed by atoms with E-state index in [1.54, 1.807) is 0 Å². The molecule has 4 aromatic rings. The molecule has 102 valence electrons. The van der Waals surface area contributed by atoms with Gasteiger partial charge in [-0.1, -0.05) is 54.1 Å². The lowest BCUT2D eigenvalue weighted by Gasteiger charge is -2.09. The van der Waals surface area contributed by atoms with E-state index in [0.29, 0.717) is 0 Å². The van der Waals surface area contributed by atoms with Gasteiger partial charge in [0.1, 0.15) is 0 Å². The largest absolute Gasteiger partial charge is 0.353 e.